The third-order valence-corrected chi connectivity index (χ3v) is 3.91. The quantitative estimate of drug-likeness (QED) is 0.825. The van der Waals surface area contributed by atoms with Crippen LogP contribution in [0.5, 0.6) is 17.2 Å². The average Bonchev–Trinajstić information content (AvgIpc) is 3.31. The number of nitrogens with two attached hydrogens (primary N) is 1. The van der Waals surface area contributed by atoms with E-state index in [2.05, 4.69) is 11.9 Å². The number of benzene rings is 1. The lowest BCUT2D eigenvalue weighted by Gasteiger charge is -2.28. The molecule has 1 saturated carbocycles. The maximum Gasteiger partial charge on any atom is 0.203 e. The number of hydrogen-bond acceptors (Lipinski definition) is 5. The Kier molecular flexibility index (Phi) is 4.73. The third-order valence-electron chi connectivity index (χ3n) is 3.91. The van der Waals surface area contributed by atoms with Crippen molar-refractivity contribution in [2.75, 3.05) is 34.9 Å². The molecule has 0 radical (unpaired) electrons. The van der Waals surface area contributed by atoms with Gasteiger partial charge in [-0.05, 0) is 37.6 Å². The van der Waals surface area contributed by atoms with Gasteiger partial charge < -0.3 is 19.9 Å². The van der Waals surface area contributed by atoms with Crippen molar-refractivity contribution in [3.05, 3.63) is 17.7 Å². The normalized spacial score (nSPS) is 16.1. The van der Waals surface area contributed by atoms with Crippen molar-refractivity contribution in [3.63, 3.8) is 0 Å². The first-order valence-corrected chi connectivity index (χ1v) is 6.88. The average molecular weight is 280 g/mol. The molecule has 112 valence electrons. The standard InChI is InChI=1S/C15H24N2O3/c1-17(11-5-6-11)12(9-16)10-7-13(18-2)15(20-4)14(8-10)19-3/h7-8,11-12H,5-6,9,16H2,1-4H3. The predicted octanol–water partition coefficient (Wildman–Crippen LogP) is 1.81. The minimum atomic E-state index is 0.163. The summed E-state index contributed by atoms with van der Waals surface area (Å²) in [7, 11) is 6.99. The van der Waals surface area contributed by atoms with Crippen LogP contribution in [0.15, 0.2) is 12.1 Å². The van der Waals surface area contributed by atoms with Crippen molar-refractivity contribution >= 4 is 0 Å². The molecule has 1 aliphatic rings. The molecule has 0 aromatic heterocycles. The fraction of sp³-hybridized carbons (Fsp3) is 0.600. The van der Waals surface area contributed by atoms with Crippen molar-refractivity contribution in [1.82, 2.24) is 4.90 Å². The molecule has 20 heavy (non-hydrogen) atoms. The molecule has 0 amide bonds. The zero-order chi connectivity index (χ0) is 14.7. The minimum Gasteiger partial charge on any atom is -0.493 e. The lowest BCUT2D eigenvalue weighted by molar-refractivity contribution is 0.238. The molecule has 1 aromatic carbocycles. The largest absolute Gasteiger partial charge is 0.493 e. The Morgan fingerprint density at radius 1 is 1.15 bits per heavy atom. The molecule has 5 heteroatoms. The van der Waals surface area contributed by atoms with Gasteiger partial charge in [0.05, 0.1) is 21.3 Å². The van der Waals surface area contributed by atoms with Crippen molar-refractivity contribution in [1.29, 1.82) is 0 Å². The van der Waals surface area contributed by atoms with E-state index < -0.39 is 0 Å². The van der Waals surface area contributed by atoms with Crippen LogP contribution < -0.4 is 19.9 Å². The summed E-state index contributed by atoms with van der Waals surface area (Å²) >= 11 is 0. The highest BCUT2D eigenvalue weighted by Gasteiger charge is 2.32. The van der Waals surface area contributed by atoms with Gasteiger partial charge in [0.2, 0.25) is 5.75 Å². The second-order valence-electron chi connectivity index (χ2n) is 5.11. The number of rotatable bonds is 7. The molecular formula is C15H24N2O3. The van der Waals surface area contributed by atoms with Crippen molar-refractivity contribution in [3.8, 4) is 17.2 Å². The van der Waals surface area contributed by atoms with Crippen LogP contribution in [-0.4, -0.2) is 45.9 Å². The van der Waals surface area contributed by atoms with Crippen molar-refractivity contribution in [2.24, 2.45) is 5.73 Å². The second-order valence-corrected chi connectivity index (χ2v) is 5.11. The molecule has 0 heterocycles. The first kappa shape index (κ1) is 14.9. The van der Waals surface area contributed by atoms with Crippen LogP contribution in [-0.2, 0) is 0 Å². The summed E-state index contributed by atoms with van der Waals surface area (Å²) in [6.07, 6.45) is 2.49. The van der Waals surface area contributed by atoms with Crippen LogP contribution in [0.2, 0.25) is 0 Å². The number of nitrogens with zero attached hydrogens (tertiary/aromatic N) is 1. The smallest absolute Gasteiger partial charge is 0.203 e. The van der Waals surface area contributed by atoms with Gasteiger partial charge in [-0.15, -0.1) is 0 Å². The van der Waals surface area contributed by atoms with E-state index in [4.69, 9.17) is 19.9 Å². The van der Waals surface area contributed by atoms with Crippen LogP contribution >= 0.6 is 0 Å². The van der Waals surface area contributed by atoms with E-state index in [1.54, 1.807) is 21.3 Å². The highest BCUT2D eigenvalue weighted by atomic mass is 16.5. The van der Waals surface area contributed by atoms with Crippen LogP contribution in [0.3, 0.4) is 0 Å². The molecule has 0 spiro atoms. The van der Waals surface area contributed by atoms with Gasteiger partial charge in [0, 0.05) is 18.6 Å². The number of likely N-dealkylation sites (N-methyl/N-ethyl adjacent to an activating group) is 1. The molecule has 1 fully saturated rings. The summed E-state index contributed by atoms with van der Waals surface area (Å²) in [5, 5.41) is 0. The van der Waals surface area contributed by atoms with Gasteiger partial charge >= 0.3 is 0 Å². The van der Waals surface area contributed by atoms with Crippen LogP contribution in [0.25, 0.3) is 0 Å². The molecule has 1 aromatic rings. The van der Waals surface area contributed by atoms with Gasteiger partial charge in [-0.3, -0.25) is 4.90 Å². The fourth-order valence-electron chi connectivity index (χ4n) is 2.57. The van der Waals surface area contributed by atoms with Gasteiger partial charge in [-0.1, -0.05) is 0 Å². The topological polar surface area (TPSA) is 57.0 Å². The summed E-state index contributed by atoms with van der Waals surface area (Å²) in [5.41, 5.74) is 7.06. The van der Waals surface area contributed by atoms with E-state index in [-0.39, 0.29) is 6.04 Å². The van der Waals surface area contributed by atoms with E-state index in [9.17, 15) is 0 Å². The van der Waals surface area contributed by atoms with Crippen LogP contribution in [0, 0.1) is 0 Å². The van der Waals surface area contributed by atoms with Crippen LogP contribution in [0.1, 0.15) is 24.4 Å². The Bertz CT molecular complexity index is 435. The maximum absolute atomic E-state index is 5.97. The second kappa shape index (κ2) is 6.33. The Morgan fingerprint density at radius 2 is 1.70 bits per heavy atom. The van der Waals surface area contributed by atoms with E-state index >= 15 is 0 Å². The molecular weight excluding hydrogens is 256 g/mol. The van der Waals surface area contributed by atoms with Crippen molar-refractivity contribution in [2.45, 2.75) is 24.9 Å². The number of hydrogen-bond donors (Lipinski definition) is 1. The Balaban J connectivity index is 2.38. The molecule has 1 atom stereocenters. The Hall–Kier alpha value is -1.46. The first-order valence-electron chi connectivity index (χ1n) is 6.88. The highest BCUT2D eigenvalue weighted by molar-refractivity contribution is 5.54. The monoisotopic (exact) mass is 280 g/mol. The molecule has 0 saturated heterocycles. The van der Waals surface area contributed by atoms with Gasteiger partial charge in [0.25, 0.3) is 0 Å². The molecule has 1 unspecified atom stereocenters. The third kappa shape index (κ3) is 2.83. The molecule has 2 N–H and O–H groups in total. The summed E-state index contributed by atoms with van der Waals surface area (Å²) < 4.78 is 16.2. The van der Waals surface area contributed by atoms with E-state index in [0.717, 1.165) is 5.56 Å². The van der Waals surface area contributed by atoms with E-state index in [1.807, 2.05) is 12.1 Å². The van der Waals surface area contributed by atoms with Gasteiger partial charge in [-0.2, -0.15) is 0 Å². The summed E-state index contributed by atoms with van der Waals surface area (Å²) in [6.45, 7) is 0.561. The Labute approximate surface area is 120 Å². The summed E-state index contributed by atoms with van der Waals surface area (Å²) in [6, 6.07) is 4.77. The highest BCUT2D eigenvalue weighted by Crippen LogP contribution is 2.41. The van der Waals surface area contributed by atoms with E-state index in [0.29, 0.717) is 29.8 Å². The summed E-state index contributed by atoms with van der Waals surface area (Å²) in [5.74, 6) is 1.96. The molecule has 1 aliphatic carbocycles. The van der Waals surface area contributed by atoms with E-state index in [1.165, 1.54) is 12.8 Å². The lowest BCUT2D eigenvalue weighted by Crippen LogP contribution is -2.32. The lowest BCUT2D eigenvalue weighted by atomic mass is 10.0. The van der Waals surface area contributed by atoms with Crippen LogP contribution in [0.4, 0.5) is 0 Å². The molecule has 5 nitrogen and oxygen atoms in total. The van der Waals surface area contributed by atoms with Crippen molar-refractivity contribution < 1.29 is 14.2 Å². The zero-order valence-corrected chi connectivity index (χ0v) is 12.7. The fourth-order valence-corrected chi connectivity index (χ4v) is 2.57. The number of ether oxygens (including phenoxy) is 3. The first-order chi connectivity index (χ1) is 9.65. The maximum atomic E-state index is 5.97. The molecule has 2 rings (SSSR count). The SMILES string of the molecule is COc1cc(C(CN)N(C)C2CC2)cc(OC)c1OC. The van der Waals surface area contributed by atoms with Gasteiger partial charge in [0.1, 0.15) is 0 Å². The molecule has 0 aliphatic heterocycles. The van der Waals surface area contributed by atoms with Gasteiger partial charge in [0.15, 0.2) is 11.5 Å². The number of methoxy groups -OCH3 is 3. The zero-order valence-electron chi connectivity index (χ0n) is 12.7. The Morgan fingerprint density at radius 3 is 2.05 bits per heavy atom. The molecule has 0 bridgehead atoms. The predicted molar refractivity (Wildman–Crippen MR) is 78.7 cm³/mol. The summed E-state index contributed by atoms with van der Waals surface area (Å²) in [4.78, 5) is 2.33. The minimum absolute atomic E-state index is 0.163. The van der Waals surface area contributed by atoms with Gasteiger partial charge in [-0.25, -0.2) is 0 Å².